The number of carbonyl (C=O) groups is 1. The van der Waals surface area contributed by atoms with E-state index in [1.807, 2.05) is 4.72 Å². The van der Waals surface area contributed by atoms with E-state index in [-0.39, 0.29) is 21.9 Å². The Kier molecular flexibility index (Phi) is 3.68. The third kappa shape index (κ3) is 2.84. The molecule has 0 fully saturated rings. The highest BCUT2D eigenvalue weighted by Gasteiger charge is 2.28. The highest BCUT2D eigenvalue weighted by atomic mass is 32.2. The number of hydrogen-bond acceptors (Lipinski definition) is 6. The summed E-state index contributed by atoms with van der Waals surface area (Å²) in [4.78, 5) is 23.2. The summed E-state index contributed by atoms with van der Waals surface area (Å²) in [5.41, 5.74) is -0.249. The number of aromatic nitrogens is 3. The van der Waals surface area contributed by atoms with E-state index in [0.717, 1.165) is 12.6 Å². The maximum atomic E-state index is 12.4. The van der Waals surface area contributed by atoms with Crippen LogP contribution in [0.3, 0.4) is 0 Å². The fourth-order valence-electron chi connectivity index (χ4n) is 2.19. The molecule has 1 amide bonds. The molecule has 1 aliphatic heterocycles. The predicted molar refractivity (Wildman–Crippen MR) is 78.7 cm³/mol. The van der Waals surface area contributed by atoms with Gasteiger partial charge in [0.05, 0.1) is 18.4 Å². The second kappa shape index (κ2) is 5.54. The number of sulfonamides is 1. The first kappa shape index (κ1) is 15.3. The van der Waals surface area contributed by atoms with Crippen LogP contribution in [0.1, 0.15) is 16.8 Å². The first-order valence-electron chi connectivity index (χ1n) is 6.81. The SMILES string of the molecule is Cn1cc(C(=O)NS(=O)(=O)c2cnn3c2OCCC3)ccc1=O. The quantitative estimate of drug-likeness (QED) is 0.806. The molecule has 23 heavy (non-hydrogen) atoms. The van der Waals surface area contributed by atoms with Crippen molar-refractivity contribution in [1.82, 2.24) is 19.1 Å². The third-order valence-electron chi connectivity index (χ3n) is 3.38. The molecular weight excluding hydrogens is 324 g/mol. The van der Waals surface area contributed by atoms with Crippen LogP contribution in [-0.4, -0.2) is 35.3 Å². The van der Waals surface area contributed by atoms with Gasteiger partial charge in [-0.25, -0.2) is 17.8 Å². The van der Waals surface area contributed by atoms with Crippen molar-refractivity contribution in [1.29, 1.82) is 0 Å². The summed E-state index contributed by atoms with van der Waals surface area (Å²) in [6, 6.07) is 2.45. The topological polar surface area (TPSA) is 112 Å². The number of ether oxygens (including phenoxy) is 1. The minimum Gasteiger partial charge on any atom is -0.477 e. The summed E-state index contributed by atoms with van der Waals surface area (Å²) in [5.74, 6) is -0.714. The molecule has 0 saturated heterocycles. The van der Waals surface area contributed by atoms with Crippen molar-refractivity contribution in [3.63, 3.8) is 0 Å². The number of aryl methyl sites for hydroxylation is 2. The van der Waals surface area contributed by atoms with E-state index in [0.29, 0.717) is 13.2 Å². The van der Waals surface area contributed by atoms with E-state index in [2.05, 4.69) is 5.10 Å². The maximum Gasteiger partial charge on any atom is 0.271 e. The van der Waals surface area contributed by atoms with Gasteiger partial charge in [-0.15, -0.1) is 0 Å². The smallest absolute Gasteiger partial charge is 0.271 e. The van der Waals surface area contributed by atoms with Gasteiger partial charge in [0, 0.05) is 32.3 Å². The summed E-state index contributed by atoms with van der Waals surface area (Å²) in [6.07, 6.45) is 3.15. The van der Waals surface area contributed by atoms with Gasteiger partial charge < -0.3 is 9.30 Å². The van der Waals surface area contributed by atoms with E-state index < -0.39 is 15.9 Å². The molecule has 0 bridgehead atoms. The predicted octanol–water partition coefficient (Wildman–Crippen LogP) is -0.517. The maximum absolute atomic E-state index is 12.4. The average molecular weight is 338 g/mol. The molecule has 122 valence electrons. The van der Waals surface area contributed by atoms with Crippen LogP contribution in [0.5, 0.6) is 5.88 Å². The molecule has 0 spiro atoms. The number of nitrogens with one attached hydrogen (secondary N) is 1. The fraction of sp³-hybridized carbons (Fsp3) is 0.308. The van der Waals surface area contributed by atoms with Crippen molar-refractivity contribution >= 4 is 15.9 Å². The molecule has 9 nitrogen and oxygen atoms in total. The zero-order valence-corrected chi connectivity index (χ0v) is 13.0. The first-order chi connectivity index (χ1) is 10.9. The fourth-order valence-corrected chi connectivity index (χ4v) is 3.25. The Morgan fingerprint density at radius 1 is 1.39 bits per heavy atom. The van der Waals surface area contributed by atoms with Crippen molar-refractivity contribution in [3.05, 3.63) is 40.4 Å². The molecule has 0 aliphatic carbocycles. The normalized spacial score (nSPS) is 14.0. The van der Waals surface area contributed by atoms with Crippen LogP contribution in [0.15, 0.2) is 34.2 Å². The lowest BCUT2D eigenvalue weighted by molar-refractivity contribution is 0.0980. The van der Waals surface area contributed by atoms with Crippen molar-refractivity contribution in [2.45, 2.75) is 17.9 Å². The molecule has 0 radical (unpaired) electrons. The zero-order valence-electron chi connectivity index (χ0n) is 12.2. The van der Waals surface area contributed by atoms with E-state index in [1.54, 1.807) is 0 Å². The Morgan fingerprint density at radius 2 is 2.17 bits per heavy atom. The number of pyridine rings is 1. The number of hydrogen-bond donors (Lipinski definition) is 1. The van der Waals surface area contributed by atoms with Gasteiger partial charge in [-0.3, -0.25) is 9.59 Å². The Hall–Kier alpha value is -2.62. The Morgan fingerprint density at radius 3 is 2.91 bits per heavy atom. The Bertz CT molecular complexity index is 928. The highest BCUT2D eigenvalue weighted by molar-refractivity contribution is 7.90. The monoisotopic (exact) mass is 338 g/mol. The Balaban J connectivity index is 1.89. The lowest BCUT2D eigenvalue weighted by atomic mass is 10.3. The molecule has 1 N–H and O–H groups in total. The molecule has 0 saturated carbocycles. The van der Waals surface area contributed by atoms with Crippen LogP contribution in [0.25, 0.3) is 0 Å². The number of amides is 1. The van der Waals surface area contributed by atoms with E-state index in [9.17, 15) is 18.0 Å². The summed E-state index contributed by atoms with van der Waals surface area (Å²) >= 11 is 0. The number of carbonyl (C=O) groups excluding carboxylic acids is 1. The zero-order chi connectivity index (χ0) is 16.6. The number of rotatable bonds is 3. The Labute approximate surface area is 131 Å². The van der Waals surface area contributed by atoms with E-state index in [4.69, 9.17) is 4.74 Å². The standard InChI is InChI=1S/C13H14N4O5S/c1-16-8-9(3-4-11(16)18)12(19)15-23(20,21)10-7-14-17-5-2-6-22-13(10)17/h3-4,7-8H,2,5-6H2,1H3,(H,15,19). The van der Waals surface area contributed by atoms with Gasteiger partial charge in [0.2, 0.25) is 11.4 Å². The molecule has 0 aromatic carbocycles. The molecule has 2 aromatic heterocycles. The van der Waals surface area contributed by atoms with Crippen molar-refractivity contribution < 1.29 is 17.9 Å². The largest absolute Gasteiger partial charge is 0.477 e. The summed E-state index contributed by atoms with van der Waals surface area (Å²) in [7, 11) is -2.66. The van der Waals surface area contributed by atoms with Gasteiger partial charge in [0.1, 0.15) is 0 Å². The van der Waals surface area contributed by atoms with Gasteiger partial charge in [0.15, 0.2) is 4.90 Å². The molecule has 10 heteroatoms. The van der Waals surface area contributed by atoms with Gasteiger partial charge in [-0.2, -0.15) is 5.10 Å². The minimum atomic E-state index is -4.12. The minimum absolute atomic E-state index is 0.0534. The molecule has 0 unspecified atom stereocenters. The van der Waals surface area contributed by atoms with Crippen molar-refractivity contribution in [2.24, 2.45) is 7.05 Å². The molecule has 3 rings (SSSR count). The lowest BCUT2D eigenvalue weighted by Gasteiger charge is -2.16. The second-order valence-corrected chi connectivity index (χ2v) is 6.69. The summed E-state index contributed by atoms with van der Waals surface area (Å²) in [6.45, 7) is 0.947. The van der Waals surface area contributed by atoms with Crippen LogP contribution < -0.4 is 15.0 Å². The third-order valence-corrected chi connectivity index (χ3v) is 4.69. The second-order valence-electron chi connectivity index (χ2n) is 5.04. The van der Waals surface area contributed by atoms with Gasteiger partial charge in [-0.1, -0.05) is 0 Å². The number of fused-ring (bicyclic) bond motifs is 1. The average Bonchev–Trinajstić information content (AvgIpc) is 2.94. The van der Waals surface area contributed by atoms with Crippen LogP contribution in [0, 0.1) is 0 Å². The summed E-state index contributed by atoms with van der Waals surface area (Å²) < 4.78 is 34.6. The molecule has 1 aliphatic rings. The molecule has 3 heterocycles. The van der Waals surface area contributed by atoms with Crippen LogP contribution in [-0.2, 0) is 23.6 Å². The molecular formula is C13H14N4O5S. The molecule has 2 aromatic rings. The molecule has 0 atom stereocenters. The van der Waals surface area contributed by atoms with E-state index >= 15 is 0 Å². The highest BCUT2D eigenvalue weighted by Crippen LogP contribution is 2.26. The van der Waals surface area contributed by atoms with E-state index in [1.165, 1.54) is 34.6 Å². The lowest BCUT2D eigenvalue weighted by Crippen LogP contribution is -2.32. The first-order valence-corrected chi connectivity index (χ1v) is 8.29. The van der Waals surface area contributed by atoms with Crippen molar-refractivity contribution in [3.8, 4) is 5.88 Å². The van der Waals surface area contributed by atoms with Crippen LogP contribution in [0.4, 0.5) is 0 Å². The van der Waals surface area contributed by atoms with Crippen molar-refractivity contribution in [2.75, 3.05) is 6.61 Å². The van der Waals surface area contributed by atoms with Gasteiger partial charge in [-0.05, 0) is 6.07 Å². The van der Waals surface area contributed by atoms with Crippen LogP contribution >= 0.6 is 0 Å². The van der Waals surface area contributed by atoms with Gasteiger partial charge in [0.25, 0.3) is 15.9 Å². The number of nitrogens with zero attached hydrogens (tertiary/aromatic N) is 3. The van der Waals surface area contributed by atoms with Crippen LogP contribution in [0.2, 0.25) is 0 Å². The summed E-state index contributed by atoms with van der Waals surface area (Å²) in [5, 5.41) is 3.94. The van der Waals surface area contributed by atoms with Gasteiger partial charge >= 0.3 is 0 Å².